The predicted molar refractivity (Wildman–Crippen MR) is 130 cm³/mol. The van der Waals surface area contributed by atoms with Gasteiger partial charge >= 0.3 is 0 Å². The molecule has 0 atom stereocenters. The molecule has 1 saturated heterocycles. The maximum Gasteiger partial charge on any atom is 0.265 e. The highest BCUT2D eigenvalue weighted by Gasteiger charge is 2.28. The van der Waals surface area contributed by atoms with E-state index < -0.39 is 10.0 Å². The fraction of sp³-hybridized carbons (Fsp3) is 0.250. The molecule has 2 amide bonds. The number of nitrogens with zero attached hydrogens (tertiary/aromatic N) is 1. The van der Waals surface area contributed by atoms with Crippen molar-refractivity contribution in [2.24, 2.45) is 5.92 Å². The number of rotatable bonds is 6. The quantitative estimate of drug-likeness (QED) is 0.532. The minimum atomic E-state index is -3.56. The molecular formula is C24H25N3O4S2. The number of benzene rings is 2. The molecule has 1 fully saturated rings. The Bertz CT molecular complexity index is 1230. The summed E-state index contributed by atoms with van der Waals surface area (Å²) in [5.74, 6) is -0.0500. The van der Waals surface area contributed by atoms with Crippen molar-refractivity contribution in [3.8, 4) is 0 Å². The first-order valence-corrected chi connectivity index (χ1v) is 13.0. The van der Waals surface area contributed by atoms with E-state index in [1.807, 2.05) is 5.38 Å². The number of piperidine rings is 1. The molecule has 0 unspecified atom stereocenters. The highest BCUT2D eigenvalue weighted by Crippen LogP contribution is 2.24. The van der Waals surface area contributed by atoms with Crippen molar-refractivity contribution in [3.05, 3.63) is 76.5 Å². The highest BCUT2D eigenvalue weighted by molar-refractivity contribution is 7.89. The molecule has 2 N–H and O–H groups in total. The monoisotopic (exact) mass is 483 g/mol. The number of nitrogens with one attached hydrogen (secondary N) is 2. The zero-order valence-corrected chi connectivity index (χ0v) is 19.8. The van der Waals surface area contributed by atoms with Crippen LogP contribution in [-0.2, 0) is 10.0 Å². The Kier molecular flexibility index (Phi) is 6.92. The molecular weight excluding hydrogens is 458 g/mol. The Hall–Kier alpha value is -3.01. The second kappa shape index (κ2) is 9.86. The average Bonchev–Trinajstić information content (AvgIpc) is 3.35. The van der Waals surface area contributed by atoms with Gasteiger partial charge in [0, 0.05) is 30.0 Å². The van der Waals surface area contributed by atoms with Gasteiger partial charge in [-0.05, 0) is 72.7 Å². The van der Waals surface area contributed by atoms with Crippen LogP contribution in [0.4, 0.5) is 11.4 Å². The summed E-state index contributed by atoms with van der Waals surface area (Å²) in [6.45, 7) is 3.17. The Balaban J connectivity index is 1.41. The number of carbonyl (C=O) groups excluding carboxylic acids is 2. The summed E-state index contributed by atoms with van der Waals surface area (Å²) in [6, 6.07) is 16.4. The zero-order chi connectivity index (χ0) is 23.4. The number of hydrogen-bond donors (Lipinski definition) is 2. The zero-order valence-electron chi connectivity index (χ0n) is 18.2. The lowest BCUT2D eigenvalue weighted by Crippen LogP contribution is -2.37. The molecule has 0 radical (unpaired) electrons. The van der Waals surface area contributed by atoms with E-state index in [0.717, 1.165) is 12.8 Å². The SMILES string of the molecule is CC1CCN(S(=O)(=O)c2ccc(C(=O)Nc3cccc(NC(=O)c4cccs4)c3)cc2)CC1. The normalized spacial score (nSPS) is 15.2. The smallest absolute Gasteiger partial charge is 0.265 e. The molecule has 1 aromatic heterocycles. The first kappa shape index (κ1) is 23.2. The second-order valence-electron chi connectivity index (χ2n) is 8.08. The molecule has 4 rings (SSSR count). The van der Waals surface area contributed by atoms with Gasteiger partial charge in [-0.2, -0.15) is 4.31 Å². The topological polar surface area (TPSA) is 95.6 Å². The molecule has 172 valence electrons. The minimum Gasteiger partial charge on any atom is -0.322 e. The molecule has 7 nitrogen and oxygen atoms in total. The summed E-state index contributed by atoms with van der Waals surface area (Å²) >= 11 is 1.35. The summed E-state index contributed by atoms with van der Waals surface area (Å²) in [7, 11) is -3.56. The Morgan fingerprint density at radius 2 is 1.55 bits per heavy atom. The maximum absolute atomic E-state index is 12.9. The minimum absolute atomic E-state index is 0.187. The Labute approximate surface area is 197 Å². The fourth-order valence-corrected chi connectivity index (χ4v) is 5.72. The molecule has 2 aromatic carbocycles. The molecule has 0 bridgehead atoms. The third-order valence-electron chi connectivity index (χ3n) is 5.62. The van der Waals surface area contributed by atoms with Gasteiger partial charge in [0.2, 0.25) is 10.0 Å². The molecule has 2 heterocycles. The van der Waals surface area contributed by atoms with Gasteiger partial charge in [-0.3, -0.25) is 9.59 Å². The van der Waals surface area contributed by atoms with Gasteiger partial charge in [0.15, 0.2) is 0 Å². The van der Waals surface area contributed by atoms with Crippen LogP contribution in [0, 0.1) is 5.92 Å². The van der Waals surface area contributed by atoms with Crippen LogP contribution in [0.2, 0.25) is 0 Å². The first-order chi connectivity index (χ1) is 15.8. The number of anilines is 2. The number of thiophene rings is 1. The van der Waals surface area contributed by atoms with E-state index in [4.69, 9.17) is 0 Å². The Morgan fingerprint density at radius 1 is 0.909 bits per heavy atom. The van der Waals surface area contributed by atoms with Crippen molar-refractivity contribution in [3.63, 3.8) is 0 Å². The molecule has 33 heavy (non-hydrogen) atoms. The standard InChI is InChI=1S/C24H25N3O4S2/c1-17-11-13-27(14-12-17)33(30,31)21-9-7-18(8-10-21)23(28)25-19-4-2-5-20(16-19)26-24(29)22-6-3-15-32-22/h2-10,15-17H,11-14H2,1H3,(H,25,28)(H,26,29). The van der Waals surface area contributed by atoms with Crippen LogP contribution in [0.1, 0.15) is 39.8 Å². The van der Waals surface area contributed by atoms with Crippen molar-refractivity contribution in [2.45, 2.75) is 24.7 Å². The van der Waals surface area contributed by atoms with Crippen molar-refractivity contribution < 1.29 is 18.0 Å². The van der Waals surface area contributed by atoms with Crippen LogP contribution in [0.5, 0.6) is 0 Å². The van der Waals surface area contributed by atoms with Gasteiger partial charge in [-0.25, -0.2) is 8.42 Å². The highest BCUT2D eigenvalue weighted by atomic mass is 32.2. The summed E-state index contributed by atoms with van der Waals surface area (Å²) < 4.78 is 27.2. The maximum atomic E-state index is 12.9. The summed E-state index contributed by atoms with van der Waals surface area (Å²) in [6.07, 6.45) is 1.71. The van der Waals surface area contributed by atoms with Crippen molar-refractivity contribution in [2.75, 3.05) is 23.7 Å². The third-order valence-corrected chi connectivity index (χ3v) is 8.40. The van der Waals surface area contributed by atoms with E-state index in [0.29, 0.717) is 40.8 Å². The van der Waals surface area contributed by atoms with E-state index in [9.17, 15) is 18.0 Å². The van der Waals surface area contributed by atoms with Crippen LogP contribution in [-0.4, -0.2) is 37.6 Å². The summed E-state index contributed by atoms with van der Waals surface area (Å²) in [4.78, 5) is 25.7. The van der Waals surface area contributed by atoms with Gasteiger partial charge in [-0.1, -0.05) is 19.1 Å². The number of amides is 2. The molecule has 1 aliphatic heterocycles. The van der Waals surface area contributed by atoms with E-state index in [1.54, 1.807) is 36.4 Å². The second-order valence-corrected chi connectivity index (χ2v) is 11.0. The molecule has 0 aliphatic carbocycles. The van der Waals surface area contributed by atoms with Gasteiger partial charge in [-0.15, -0.1) is 11.3 Å². The Morgan fingerprint density at radius 3 is 2.15 bits per heavy atom. The van der Waals surface area contributed by atoms with Crippen LogP contribution in [0.15, 0.2) is 70.9 Å². The van der Waals surface area contributed by atoms with Gasteiger partial charge in [0.1, 0.15) is 0 Å². The first-order valence-electron chi connectivity index (χ1n) is 10.7. The van der Waals surface area contributed by atoms with Gasteiger partial charge < -0.3 is 10.6 Å². The average molecular weight is 484 g/mol. The summed E-state index contributed by atoms with van der Waals surface area (Å²) in [5.41, 5.74) is 1.42. The largest absolute Gasteiger partial charge is 0.322 e. The lowest BCUT2D eigenvalue weighted by atomic mass is 10.0. The van der Waals surface area contributed by atoms with Crippen molar-refractivity contribution >= 4 is 44.5 Å². The van der Waals surface area contributed by atoms with Crippen molar-refractivity contribution in [1.29, 1.82) is 0 Å². The number of carbonyl (C=O) groups is 2. The number of hydrogen-bond acceptors (Lipinski definition) is 5. The summed E-state index contributed by atoms with van der Waals surface area (Å²) in [5, 5.41) is 7.42. The van der Waals surface area contributed by atoms with Crippen LogP contribution >= 0.6 is 11.3 Å². The van der Waals surface area contributed by atoms with Gasteiger partial charge in [0.05, 0.1) is 9.77 Å². The van der Waals surface area contributed by atoms with Gasteiger partial charge in [0.25, 0.3) is 11.8 Å². The molecule has 9 heteroatoms. The molecule has 0 spiro atoms. The lowest BCUT2D eigenvalue weighted by Gasteiger charge is -2.29. The third kappa shape index (κ3) is 5.50. The fourth-order valence-electron chi connectivity index (χ4n) is 3.63. The molecule has 1 aliphatic rings. The van der Waals surface area contributed by atoms with Crippen LogP contribution < -0.4 is 10.6 Å². The predicted octanol–water partition coefficient (Wildman–Crippen LogP) is 4.67. The molecule has 3 aromatic rings. The molecule has 0 saturated carbocycles. The van der Waals surface area contributed by atoms with Crippen molar-refractivity contribution in [1.82, 2.24) is 4.31 Å². The number of sulfonamides is 1. The van der Waals surface area contributed by atoms with E-state index in [2.05, 4.69) is 17.6 Å². The van der Waals surface area contributed by atoms with Crippen LogP contribution in [0.3, 0.4) is 0 Å². The van der Waals surface area contributed by atoms with E-state index >= 15 is 0 Å². The lowest BCUT2D eigenvalue weighted by molar-refractivity contribution is 0.102. The van der Waals surface area contributed by atoms with E-state index in [-0.39, 0.29) is 16.7 Å². The van der Waals surface area contributed by atoms with Crippen LogP contribution in [0.25, 0.3) is 0 Å². The van der Waals surface area contributed by atoms with E-state index in [1.165, 1.54) is 39.9 Å².